The molecule has 1 aromatic heterocycles. The van der Waals surface area contributed by atoms with Crippen LogP contribution in [0.5, 0.6) is 0 Å². The van der Waals surface area contributed by atoms with E-state index in [1.165, 1.54) is 4.68 Å². The zero-order valence-corrected chi connectivity index (χ0v) is 13.8. The van der Waals surface area contributed by atoms with E-state index < -0.39 is 0 Å². The van der Waals surface area contributed by atoms with Gasteiger partial charge in [0.1, 0.15) is 4.47 Å². The Morgan fingerprint density at radius 1 is 1.63 bits per heavy atom. The largest absolute Gasteiger partial charge is 0.382 e. The maximum atomic E-state index is 12.1. The number of thioether (sulfide) groups is 1. The Labute approximate surface area is 126 Å². The maximum absolute atomic E-state index is 12.1. The van der Waals surface area contributed by atoms with Gasteiger partial charge in [0.25, 0.3) is 5.56 Å². The van der Waals surface area contributed by atoms with Crippen molar-refractivity contribution in [3.05, 3.63) is 33.7 Å². The Bertz CT molecular complexity index is 473. The van der Waals surface area contributed by atoms with Crippen molar-refractivity contribution < 1.29 is 0 Å². The van der Waals surface area contributed by atoms with E-state index in [0.717, 1.165) is 23.7 Å². The first-order valence-corrected chi connectivity index (χ1v) is 8.19. The summed E-state index contributed by atoms with van der Waals surface area (Å²) in [4.78, 5) is 12.1. The number of aromatic nitrogens is 2. The molecule has 0 aromatic carbocycles. The summed E-state index contributed by atoms with van der Waals surface area (Å²) in [5.74, 6) is 2.30. The lowest BCUT2D eigenvalue weighted by atomic mass is 10.2. The molecule has 106 valence electrons. The number of nitrogens with one attached hydrogen (secondary N) is 1. The molecule has 0 unspecified atom stereocenters. The second kappa shape index (κ2) is 8.43. The first kappa shape index (κ1) is 16.3. The molecule has 0 bridgehead atoms. The van der Waals surface area contributed by atoms with Gasteiger partial charge < -0.3 is 5.32 Å². The molecule has 0 aliphatic heterocycles. The number of halogens is 1. The number of hydrogen-bond acceptors (Lipinski definition) is 4. The van der Waals surface area contributed by atoms with Crippen molar-refractivity contribution in [2.75, 3.05) is 23.4 Å². The highest BCUT2D eigenvalue weighted by Gasteiger charge is 2.09. The van der Waals surface area contributed by atoms with E-state index in [2.05, 4.69) is 46.8 Å². The predicted octanol–water partition coefficient (Wildman–Crippen LogP) is 2.99. The van der Waals surface area contributed by atoms with Gasteiger partial charge in [0.05, 0.1) is 11.9 Å². The standard InChI is InChI=1S/C13H20BrN3OS/c1-4-6-19-7-5-15-11-8-16-17(9-10(2)3)13(18)12(11)14/h4,8,10,15H,1,5-7,9H2,2-3H3. The second-order valence-electron chi connectivity index (χ2n) is 4.54. The summed E-state index contributed by atoms with van der Waals surface area (Å²) in [7, 11) is 0. The fourth-order valence-electron chi connectivity index (χ4n) is 1.49. The van der Waals surface area contributed by atoms with E-state index >= 15 is 0 Å². The minimum Gasteiger partial charge on any atom is -0.382 e. The second-order valence-corrected chi connectivity index (χ2v) is 6.49. The van der Waals surface area contributed by atoms with E-state index in [-0.39, 0.29) is 5.56 Å². The van der Waals surface area contributed by atoms with Crippen molar-refractivity contribution in [3.63, 3.8) is 0 Å². The highest BCUT2D eigenvalue weighted by Crippen LogP contribution is 2.16. The monoisotopic (exact) mass is 345 g/mol. The summed E-state index contributed by atoms with van der Waals surface area (Å²) in [6, 6.07) is 0. The predicted molar refractivity (Wildman–Crippen MR) is 87.0 cm³/mol. The van der Waals surface area contributed by atoms with Crippen LogP contribution in [0.25, 0.3) is 0 Å². The molecule has 4 nitrogen and oxygen atoms in total. The third-order valence-corrected chi connectivity index (χ3v) is 4.05. The van der Waals surface area contributed by atoms with Gasteiger partial charge in [0, 0.05) is 24.6 Å². The lowest BCUT2D eigenvalue weighted by Gasteiger charge is -2.11. The molecule has 0 saturated carbocycles. The van der Waals surface area contributed by atoms with E-state index in [9.17, 15) is 4.79 Å². The van der Waals surface area contributed by atoms with Gasteiger partial charge in [0.15, 0.2) is 0 Å². The van der Waals surface area contributed by atoms with Crippen LogP contribution in [0.1, 0.15) is 13.8 Å². The lowest BCUT2D eigenvalue weighted by Crippen LogP contribution is -2.26. The average Bonchev–Trinajstić information content (AvgIpc) is 2.37. The molecule has 1 heterocycles. The summed E-state index contributed by atoms with van der Waals surface area (Å²) in [6.45, 7) is 9.22. The van der Waals surface area contributed by atoms with Crippen molar-refractivity contribution >= 4 is 33.4 Å². The molecule has 1 rings (SSSR count). The van der Waals surface area contributed by atoms with Crippen LogP contribution in [0.4, 0.5) is 5.69 Å². The van der Waals surface area contributed by atoms with Crippen LogP contribution in [0, 0.1) is 5.92 Å². The molecule has 0 radical (unpaired) electrons. The van der Waals surface area contributed by atoms with E-state index in [1.807, 2.05) is 6.08 Å². The molecule has 0 amide bonds. The molecule has 0 aliphatic rings. The maximum Gasteiger partial charge on any atom is 0.283 e. The molecule has 0 atom stereocenters. The Balaban J connectivity index is 2.63. The average molecular weight is 346 g/mol. The Kier molecular flexibility index (Phi) is 7.23. The molecule has 1 N–H and O–H groups in total. The normalized spacial score (nSPS) is 10.7. The molecule has 6 heteroatoms. The Morgan fingerprint density at radius 3 is 3.00 bits per heavy atom. The highest BCUT2D eigenvalue weighted by molar-refractivity contribution is 9.10. The van der Waals surface area contributed by atoms with Crippen LogP contribution < -0.4 is 10.9 Å². The summed E-state index contributed by atoms with van der Waals surface area (Å²) in [6.07, 6.45) is 3.58. The van der Waals surface area contributed by atoms with Gasteiger partial charge in [-0.1, -0.05) is 19.9 Å². The minimum atomic E-state index is -0.0857. The molecule has 0 fully saturated rings. The smallest absolute Gasteiger partial charge is 0.283 e. The lowest BCUT2D eigenvalue weighted by molar-refractivity contribution is 0.462. The molecular formula is C13H20BrN3OS. The van der Waals surface area contributed by atoms with Crippen molar-refractivity contribution in [1.29, 1.82) is 0 Å². The van der Waals surface area contributed by atoms with Crippen LogP contribution in [-0.4, -0.2) is 27.8 Å². The summed E-state index contributed by atoms with van der Waals surface area (Å²) in [5.41, 5.74) is 0.668. The molecular weight excluding hydrogens is 326 g/mol. The zero-order valence-electron chi connectivity index (χ0n) is 11.4. The molecule has 0 spiro atoms. The topological polar surface area (TPSA) is 46.9 Å². The van der Waals surface area contributed by atoms with Crippen molar-refractivity contribution in [1.82, 2.24) is 9.78 Å². The molecule has 1 aromatic rings. The third kappa shape index (κ3) is 5.40. The first-order chi connectivity index (χ1) is 9.06. The fraction of sp³-hybridized carbons (Fsp3) is 0.538. The zero-order chi connectivity index (χ0) is 14.3. The van der Waals surface area contributed by atoms with E-state index in [1.54, 1.807) is 18.0 Å². The quantitative estimate of drug-likeness (QED) is 0.581. The van der Waals surface area contributed by atoms with Gasteiger partial charge in [-0.15, -0.1) is 6.58 Å². The van der Waals surface area contributed by atoms with Crippen LogP contribution in [-0.2, 0) is 6.54 Å². The number of nitrogens with zero attached hydrogens (tertiary/aromatic N) is 2. The first-order valence-electron chi connectivity index (χ1n) is 6.24. The molecule has 0 aliphatic carbocycles. The number of rotatable bonds is 8. The third-order valence-electron chi connectivity index (χ3n) is 2.32. The van der Waals surface area contributed by atoms with E-state index in [0.29, 0.717) is 16.9 Å². The van der Waals surface area contributed by atoms with Gasteiger partial charge in [-0.05, 0) is 21.8 Å². The van der Waals surface area contributed by atoms with Gasteiger partial charge in [-0.2, -0.15) is 16.9 Å². The summed E-state index contributed by atoms with van der Waals surface area (Å²) < 4.78 is 2.05. The fourth-order valence-corrected chi connectivity index (χ4v) is 2.52. The molecule has 0 saturated heterocycles. The number of anilines is 1. The SMILES string of the molecule is C=CCSCCNc1cnn(CC(C)C)c(=O)c1Br. The minimum absolute atomic E-state index is 0.0857. The van der Waals surface area contributed by atoms with Gasteiger partial charge >= 0.3 is 0 Å². The van der Waals surface area contributed by atoms with Crippen LogP contribution in [0.2, 0.25) is 0 Å². The van der Waals surface area contributed by atoms with E-state index in [4.69, 9.17) is 0 Å². The van der Waals surface area contributed by atoms with Crippen molar-refractivity contribution in [2.45, 2.75) is 20.4 Å². The Morgan fingerprint density at radius 2 is 2.37 bits per heavy atom. The van der Waals surface area contributed by atoms with Gasteiger partial charge in [0.2, 0.25) is 0 Å². The highest BCUT2D eigenvalue weighted by atomic mass is 79.9. The number of hydrogen-bond donors (Lipinski definition) is 1. The van der Waals surface area contributed by atoms with Crippen LogP contribution in [0.3, 0.4) is 0 Å². The Hall–Kier alpha value is -0.750. The summed E-state index contributed by atoms with van der Waals surface area (Å²) >= 11 is 5.14. The van der Waals surface area contributed by atoms with Crippen molar-refractivity contribution in [3.8, 4) is 0 Å². The van der Waals surface area contributed by atoms with Gasteiger partial charge in [-0.25, -0.2) is 4.68 Å². The van der Waals surface area contributed by atoms with Crippen LogP contribution >= 0.6 is 27.7 Å². The van der Waals surface area contributed by atoms with Gasteiger partial charge in [-0.3, -0.25) is 4.79 Å². The van der Waals surface area contributed by atoms with Crippen molar-refractivity contribution in [2.24, 2.45) is 5.92 Å². The molecule has 19 heavy (non-hydrogen) atoms. The summed E-state index contributed by atoms with van der Waals surface area (Å²) in [5, 5.41) is 7.40. The van der Waals surface area contributed by atoms with Crippen LogP contribution in [0.15, 0.2) is 28.1 Å².